The number of hydrogen-bond acceptors (Lipinski definition) is 3. The topological polar surface area (TPSA) is 30.5 Å². The first-order valence-electron chi connectivity index (χ1n) is 9.52. The van der Waals surface area contributed by atoms with Gasteiger partial charge < -0.3 is 14.8 Å². The van der Waals surface area contributed by atoms with Gasteiger partial charge in [-0.2, -0.15) is 0 Å². The molecule has 28 heavy (non-hydrogen) atoms. The van der Waals surface area contributed by atoms with Gasteiger partial charge in [-0.3, -0.25) is 0 Å². The fourth-order valence-electron chi connectivity index (χ4n) is 2.97. The highest BCUT2D eigenvalue weighted by Gasteiger charge is 2.05. The Balaban J connectivity index is 1.68. The van der Waals surface area contributed by atoms with Crippen LogP contribution in [0.2, 0.25) is 0 Å². The first-order valence-corrected chi connectivity index (χ1v) is 9.52. The molecule has 0 atom stereocenters. The lowest BCUT2D eigenvalue weighted by molar-refractivity contribution is 0.302. The van der Waals surface area contributed by atoms with Crippen LogP contribution in [0.5, 0.6) is 11.5 Å². The second kappa shape index (κ2) is 10.3. The first-order chi connectivity index (χ1) is 13.8. The van der Waals surface area contributed by atoms with E-state index < -0.39 is 0 Å². The summed E-state index contributed by atoms with van der Waals surface area (Å²) in [4.78, 5) is 0. The van der Waals surface area contributed by atoms with Gasteiger partial charge in [0.05, 0.1) is 7.11 Å². The summed E-state index contributed by atoms with van der Waals surface area (Å²) in [6, 6.07) is 24.8. The number of ether oxygens (including phenoxy) is 2. The van der Waals surface area contributed by atoms with Crippen LogP contribution in [-0.2, 0) is 19.6 Å². The van der Waals surface area contributed by atoms with E-state index in [2.05, 4.69) is 59.9 Å². The van der Waals surface area contributed by atoms with Crippen molar-refractivity contribution in [2.24, 2.45) is 0 Å². The van der Waals surface area contributed by atoms with E-state index in [0.29, 0.717) is 6.61 Å². The van der Waals surface area contributed by atoms with Crippen molar-refractivity contribution in [3.05, 3.63) is 101 Å². The van der Waals surface area contributed by atoms with Gasteiger partial charge in [-0.25, -0.2) is 0 Å². The fourth-order valence-corrected chi connectivity index (χ4v) is 2.97. The second-order valence-electron chi connectivity index (χ2n) is 6.63. The minimum absolute atomic E-state index is 0.566. The molecule has 0 aromatic heterocycles. The van der Waals surface area contributed by atoms with E-state index in [1.54, 1.807) is 7.11 Å². The van der Waals surface area contributed by atoms with Crippen LogP contribution < -0.4 is 14.8 Å². The van der Waals surface area contributed by atoms with Crippen LogP contribution in [0.1, 0.15) is 22.3 Å². The lowest BCUT2D eigenvalue weighted by Crippen LogP contribution is -2.07. The largest absolute Gasteiger partial charge is 0.497 e. The number of benzene rings is 3. The molecule has 0 saturated heterocycles. The molecule has 0 radical (unpaired) electrons. The van der Waals surface area contributed by atoms with Gasteiger partial charge >= 0.3 is 0 Å². The zero-order chi connectivity index (χ0) is 19.6. The van der Waals surface area contributed by atoms with E-state index in [9.17, 15) is 0 Å². The summed E-state index contributed by atoms with van der Waals surface area (Å²) in [5.74, 6) is 1.80. The zero-order valence-corrected chi connectivity index (χ0v) is 16.5. The molecule has 1 N–H and O–H groups in total. The van der Waals surface area contributed by atoms with Crippen molar-refractivity contribution in [3.8, 4) is 11.5 Å². The second-order valence-corrected chi connectivity index (χ2v) is 6.63. The van der Waals surface area contributed by atoms with Crippen LogP contribution in [0.15, 0.2) is 78.9 Å². The van der Waals surface area contributed by atoms with Gasteiger partial charge in [0.1, 0.15) is 18.1 Å². The maximum Gasteiger partial charge on any atom is 0.124 e. The van der Waals surface area contributed by atoms with Gasteiger partial charge in [0.15, 0.2) is 0 Å². The summed E-state index contributed by atoms with van der Waals surface area (Å²) in [5.41, 5.74) is 4.71. The molecule has 0 spiro atoms. The van der Waals surface area contributed by atoms with E-state index in [-0.39, 0.29) is 0 Å². The Morgan fingerprint density at radius 2 is 1.68 bits per heavy atom. The summed E-state index contributed by atoms with van der Waals surface area (Å²) >= 11 is 0. The molecule has 0 heterocycles. The molecule has 3 aromatic rings. The molecule has 144 valence electrons. The van der Waals surface area contributed by atoms with Gasteiger partial charge in [0, 0.05) is 12.1 Å². The van der Waals surface area contributed by atoms with Crippen molar-refractivity contribution in [2.45, 2.75) is 19.6 Å². The molecule has 3 rings (SSSR count). The molecule has 0 bridgehead atoms. The van der Waals surface area contributed by atoms with Crippen molar-refractivity contribution < 1.29 is 9.47 Å². The average molecular weight is 373 g/mol. The van der Waals surface area contributed by atoms with E-state index >= 15 is 0 Å². The summed E-state index contributed by atoms with van der Waals surface area (Å²) in [6.07, 6.45) is 5.20. The van der Waals surface area contributed by atoms with Crippen molar-refractivity contribution in [1.82, 2.24) is 5.32 Å². The molecule has 3 nitrogen and oxygen atoms in total. The number of allylic oxidation sites excluding steroid dienone is 1. The van der Waals surface area contributed by atoms with Gasteiger partial charge in [0.25, 0.3) is 0 Å². The van der Waals surface area contributed by atoms with Crippen LogP contribution in [0.3, 0.4) is 0 Å². The van der Waals surface area contributed by atoms with E-state index in [1.807, 2.05) is 37.4 Å². The van der Waals surface area contributed by atoms with Crippen molar-refractivity contribution in [1.29, 1.82) is 0 Å². The van der Waals surface area contributed by atoms with Crippen molar-refractivity contribution in [2.75, 3.05) is 14.2 Å². The Labute approximate surface area is 167 Å². The molecule has 0 aliphatic heterocycles. The minimum atomic E-state index is 0.566. The number of rotatable bonds is 9. The average Bonchev–Trinajstić information content (AvgIpc) is 2.75. The predicted molar refractivity (Wildman–Crippen MR) is 116 cm³/mol. The highest BCUT2D eigenvalue weighted by Crippen LogP contribution is 2.23. The Hall–Kier alpha value is -3.04. The van der Waals surface area contributed by atoms with Gasteiger partial charge in [-0.1, -0.05) is 66.7 Å². The summed E-state index contributed by atoms with van der Waals surface area (Å²) in [5, 5.41) is 3.21. The molecule has 0 aliphatic carbocycles. The van der Waals surface area contributed by atoms with Crippen LogP contribution in [-0.4, -0.2) is 14.2 Å². The molecule has 0 saturated carbocycles. The van der Waals surface area contributed by atoms with Crippen LogP contribution >= 0.6 is 0 Å². The maximum absolute atomic E-state index is 6.12. The minimum Gasteiger partial charge on any atom is -0.497 e. The number of methoxy groups -OCH3 is 1. The van der Waals surface area contributed by atoms with E-state index in [0.717, 1.165) is 35.6 Å². The van der Waals surface area contributed by atoms with Gasteiger partial charge in [-0.15, -0.1) is 0 Å². The number of nitrogens with one attached hydrogen (secondary N) is 1. The predicted octanol–water partition coefficient (Wildman–Crippen LogP) is 5.25. The summed E-state index contributed by atoms with van der Waals surface area (Å²) < 4.78 is 11.3. The zero-order valence-electron chi connectivity index (χ0n) is 16.5. The quantitative estimate of drug-likeness (QED) is 0.556. The Bertz CT molecular complexity index is 886. The highest BCUT2D eigenvalue weighted by atomic mass is 16.5. The monoisotopic (exact) mass is 373 g/mol. The standard InChI is InChI=1S/C25H27NO2/c1-26-18-23-14-11-21(10-6-9-20-12-15-24(27-2)16-13-20)17-25(23)28-19-22-7-4-3-5-8-22/h3-8,10-17,26H,9,18-19H2,1-2H3. The lowest BCUT2D eigenvalue weighted by Gasteiger charge is -2.12. The SMILES string of the molecule is CNCc1ccc(C=CCc2ccc(OC)cc2)cc1OCc1ccccc1. The summed E-state index contributed by atoms with van der Waals surface area (Å²) in [6.45, 7) is 1.34. The normalized spacial score (nSPS) is 10.9. The molecular weight excluding hydrogens is 346 g/mol. The molecule has 0 amide bonds. The van der Waals surface area contributed by atoms with Crippen LogP contribution in [0.4, 0.5) is 0 Å². The fraction of sp³-hybridized carbons (Fsp3) is 0.200. The molecule has 0 fully saturated rings. The smallest absolute Gasteiger partial charge is 0.124 e. The van der Waals surface area contributed by atoms with Crippen molar-refractivity contribution >= 4 is 6.08 Å². The molecule has 0 aliphatic rings. The third-order valence-electron chi connectivity index (χ3n) is 4.52. The van der Waals surface area contributed by atoms with Crippen molar-refractivity contribution in [3.63, 3.8) is 0 Å². The van der Waals surface area contributed by atoms with Crippen LogP contribution in [0.25, 0.3) is 6.08 Å². The molecular formula is C25H27NO2. The Kier molecular flexibility index (Phi) is 7.28. The van der Waals surface area contributed by atoms with Crippen LogP contribution in [0, 0.1) is 0 Å². The van der Waals surface area contributed by atoms with E-state index in [4.69, 9.17) is 9.47 Å². The Morgan fingerprint density at radius 1 is 0.893 bits per heavy atom. The summed E-state index contributed by atoms with van der Waals surface area (Å²) in [7, 11) is 3.63. The maximum atomic E-state index is 6.12. The molecule has 3 aromatic carbocycles. The third kappa shape index (κ3) is 5.73. The highest BCUT2D eigenvalue weighted by molar-refractivity contribution is 5.54. The lowest BCUT2D eigenvalue weighted by atomic mass is 10.1. The molecule has 0 unspecified atom stereocenters. The molecule has 3 heteroatoms. The Morgan fingerprint density at radius 3 is 2.39 bits per heavy atom. The first kappa shape index (κ1) is 19.7. The third-order valence-corrected chi connectivity index (χ3v) is 4.52. The van der Waals surface area contributed by atoms with E-state index in [1.165, 1.54) is 11.1 Å². The van der Waals surface area contributed by atoms with Gasteiger partial charge in [0.2, 0.25) is 0 Å². The van der Waals surface area contributed by atoms with Gasteiger partial charge in [-0.05, 0) is 48.4 Å². The number of hydrogen-bond donors (Lipinski definition) is 1.